The summed E-state index contributed by atoms with van der Waals surface area (Å²) in [6.45, 7) is 8.35. The van der Waals surface area contributed by atoms with E-state index in [0.717, 1.165) is 24.0 Å². The van der Waals surface area contributed by atoms with Gasteiger partial charge in [-0.05, 0) is 70.2 Å². The lowest BCUT2D eigenvalue weighted by Gasteiger charge is -2.08. The van der Waals surface area contributed by atoms with Crippen molar-refractivity contribution in [2.24, 2.45) is 0 Å². The maximum absolute atomic E-state index is 10.3. The number of aryl methyl sites for hydroxylation is 1. The molecule has 0 radical (unpaired) electrons. The van der Waals surface area contributed by atoms with Crippen molar-refractivity contribution in [2.75, 3.05) is 0 Å². The Hall–Kier alpha value is -2.74. The molecule has 0 aromatic heterocycles. The zero-order valence-electron chi connectivity index (χ0n) is 16.8. The van der Waals surface area contributed by atoms with Gasteiger partial charge in [0.15, 0.2) is 0 Å². The fraction of sp³-hybridized carbons (Fsp3) is 0.280. The van der Waals surface area contributed by atoms with Gasteiger partial charge in [-0.3, -0.25) is 0 Å². The summed E-state index contributed by atoms with van der Waals surface area (Å²) in [6, 6.07) is 11.6. The summed E-state index contributed by atoms with van der Waals surface area (Å²) in [5.41, 5.74) is 6.24. The maximum Gasteiger partial charge on any atom is 0.123 e. The van der Waals surface area contributed by atoms with E-state index in [-0.39, 0.29) is 11.5 Å². The average molecular weight is 363 g/mol. The van der Waals surface area contributed by atoms with Crippen LogP contribution >= 0.6 is 0 Å². The van der Waals surface area contributed by atoms with Crippen LogP contribution < -0.4 is 0 Å². The van der Waals surface area contributed by atoms with Crippen LogP contribution in [0.1, 0.15) is 55.9 Å². The number of aromatic hydroxyl groups is 2. The first kappa shape index (κ1) is 20.6. The summed E-state index contributed by atoms with van der Waals surface area (Å²) >= 11 is 0. The van der Waals surface area contributed by atoms with Crippen LogP contribution in [0.5, 0.6) is 11.5 Å². The lowest BCUT2D eigenvalue weighted by molar-refractivity contribution is 0.440. The smallest absolute Gasteiger partial charge is 0.123 e. The van der Waals surface area contributed by atoms with Crippen LogP contribution in [-0.2, 0) is 6.42 Å². The third kappa shape index (κ3) is 6.82. The Bertz CT molecular complexity index is 825. The average Bonchev–Trinajstić information content (AvgIpc) is 2.60. The van der Waals surface area contributed by atoms with Crippen molar-refractivity contribution in [3.8, 4) is 11.5 Å². The van der Waals surface area contributed by atoms with Gasteiger partial charge in [0.25, 0.3) is 0 Å². The molecule has 0 aliphatic carbocycles. The van der Waals surface area contributed by atoms with Crippen LogP contribution in [0.2, 0.25) is 0 Å². The minimum Gasteiger partial charge on any atom is -0.507 e. The topological polar surface area (TPSA) is 40.5 Å². The van der Waals surface area contributed by atoms with E-state index >= 15 is 0 Å². The lowest BCUT2D eigenvalue weighted by Crippen LogP contribution is -1.88. The Kier molecular flexibility index (Phi) is 7.48. The molecule has 2 aromatic carbocycles. The number of allylic oxidation sites excluding steroid dienone is 4. The molecule has 0 unspecified atom stereocenters. The first-order valence-electron chi connectivity index (χ1n) is 9.43. The van der Waals surface area contributed by atoms with Crippen LogP contribution in [0.3, 0.4) is 0 Å². The number of benzene rings is 2. The minimum absolute atomic E-state index is 0.131. The summed E-state index contributed by atoms with van der Waals surface area (Å²) < 4.78 is 0. The Morgan fingerprint density at radius 3 is 2.04 bits per heavy atom. The first-order chi connectivity index (χ1) is 12.8. The second-order valence-electron chi connectivity index (χ2n) is 7.36. The molecule has 0 saturated heterocycles. The van der Waals surface area contributed by atoms with Gasteiger partial charge in [-0.15, -0.1) is 0 Å². The van der Waals surface area contributed by atoms with E-state index in [1.54, 1.807) is 12.1 Å². The molecule has 0 aliphatic rings. The second kappa shape index (κ2) is 9.82. The fourth-order valence-corrected chi connectivity index (χ4v) is 2.81. The molecule has 0 amide bonds. The van der Waals surface area contributed by atoms with Gasteiger partial charge in [0.2, 0.25) is 0 Å². The number of phenols is 2. The molecule has 2 N–H and O–H groups in total. The predicted molar refractivity (Wildman–Crippen MR) is 116 cm³/mol. The van der Waals surface area contributed by atoms with E-state index in [2.05, 4.69) is 52.0 Å². The van der Waals surface area contributed by atoms with Gasteiger partial charge in [0.05, 0.1) is 0 Å². The van der Waals surface area contributed by atoms with Gasteiger partial charge in [-0.25, -0.2) is 0 Å². The highest BCUT2D eigenvalue weighted by molar-refractivity contribution is 5.71. The van der Waals surface area contributed by atoms with E-state index in [1.807, 2.05) is 24.3 Å². The van der Waals surface area contributed by atoms with Crippen molar-refractivity contribution in [3.05, 3.63) is 82.0 Å². The van der Waals surface area contributed by atoms with Crippen LogP contribution in [-0.4, -0.2) is 10.2 Å². The van der Waals surface area contributed by atoms with E-state index < -0.39 is 0 Å². The van der Waals surface area contributed by atoms with E-state index in [1.165, 1.54) is 16.7 Å². The Morgan fingerprint density at radius 2 is 1.44 bits per heavy atom. The van der Waals surface area contributed by atoms with E-state index in [4.69, 9.17) is 0 Å². The van der Waals surface area contributed by atoms with E-state index in [9.17, 15) is 10.2 Å². The molecular formula is C25H30O2. The molecule has 0 saturated carbocycles. The van der Waals surface area contributed by atoms with Gasteiger partial charge >= 0.3 is 0 Å². The molecule has 27 heavy (non-hydrogen) atoms. The molecule has 2 nitrogen and oxygen atoms in total. The first-order valence-corrected chi connectivity index (χ1v) is 9.43. The largest absolute Gasteiger partial charge is 0.507 e. The number of phenolic OH excluding ortho intramolecular Hbond substituents is 2. The Morgan fingerprint density at radius 1 is 0.852 bits per heavy atom. The van der Waals surface area contributed by atoms with Crippen molar-refractivity contribution in [1.29, 1.82) is 0 Å². The molecule has 2 aromatic rings. The second-order valence-corrected chi connectivity index (χ2v) is 7.36. The molecule has 142 valence electrons. The van der Waals surface area contributed by atoms with Crippen LogP contribution in [0.4, 0.5) is 0 Å². The standard InChI is InChI=1S/C25H30O2/c1-18(2)6-5-7-19(3)10-15-23-24(26)16-22(17-25(23)27)14-13-21-11-8-20(4)9-12-21/h6,8-14,16-17,26-27H,5,7,15H2,1-4H3. The molecule has 0 heterocycles. The molecule has 0 fully saturated rings. The van der Waals surface area contributed by atoms with Crippen molar-refractivity contribution in [2.45, 2.75) is 47.0 Å². The van der Waals surface area contributed by atoms with Gasteiger partial charge in [0, 0.05) is 5.56 Å². The highest BCUT2D eigenvalue weighted by Gasteiger charge is 2.08. The summed E-state index contributed by atoms with van der Waals surface area (Å²) in [6.07, 6.45) is 10.7. The molecule has 2 rings (SSSR count). The van der Waals surface area contributed by atoms with Crippen molar-refractivity contribution in [3.63, 3.8) is 0 Å². The summed E-state index contributed by atoms with van der Waals surface area (Å²) in [5.74, 6) is 0.263. The SMILES string of the molecule is CC(C)=CCCC(C)=CCc1c(O)cc(C=Cc2ccc(C)cc2)cc1O. The number of hydrogen-bond donors (Lipinski definition) is 2. The summed E-state index contributed by atoms with van der Waals surface area (Å²) in [7, 11) is 0. The fourth-order valence-electron chi connectivity index (χ4n) is 2.81. The molecule has 0 bridgehead atoms. The van der Waals surface area contributed by atoms with Gasteiger partial charge < -0.3 is 10.2 Å². The summed E-state index contributed by atoms with van der Waals surface area (Å²) in [4.78, 5) is 0. The molecule has 0 atom stereocenters. The maximum atomic E-state index is 10.3. The zero-order chi connectivity index (χ0) is 19.8. The lowest BCUT2D eigenvalue weighted by atomic mass is 10.0. The number of rotatable bonds is 7. The van der Waals surface area contributed by atoms with E-state index in [0.29, 0.717) is 12.0 Å². The normalized spacial score (nSPS) is 11.8. The Balaban J connectivity index is 2.07. The van der Waals surface area contributed by atoms with Gasteiger partial charge in [-0.1, -0.05) is 65.3 Å². The molecule has 2 heteroatoms. The quantitative estimate of drug-likeness (QED) is 0.419. The van der Waals surface area contributed by atoms with Crippen LogP contribution in [0, 0.1) is 6.92 Å². The summed E-state index contributed by atoms with van der Waals surface area (Å²) in [5, 5.41) is 20.7. The van der Waals surface area contributed by atoms with Crippen molar-refractivity contribution >= 4 is 12.2 Å². The molecule has 0 aliphatic heterocycles. The van der Waals surface area contributed by atoms with Crippen molar-refractivity contribution in [1.82, 2.24) is 0 Å². The highest BCUT2D eigenvalue weighted by atomic mass is 16.3. The van der Waals surface area contributed by atoms with Crippen LogP contribution in [0.15, 0.2) is 59.7 Å². The van der Waals surface area contributed by atoms with Gasteiger partial charge in [0.1, 0.15) is 11.5 Å². The Labute approximate surface area is 163 Å². The minimum atomic E-state index is 0.131. The number of hydrogen-bond acceptors (Lipinski definition) is 2. The van der Waals surface area contributed by atoms with Crippen LogP contribution in [0.25, 0.3) is 12.2 Å². The third-order valence-corrected chi connectivity index (χ3v) is 4.52. The molecular weight excluding hydrogens is 332 g/mol. The highest BCUT2D eigenvalue weighted by Crippen LogP contribution is 2.31. The monoisotopic (exact) mass is 362 g/mol. The van der Waals surface area contributed by atoms with Gasteiger partial charge in [-0.2, -0.15) is 0 Å². The zero-order valence-corrected chi connectivity index (χ0v) is 16.8. The molecule has 0 spiro atoms. The van der Waals surface area contributed by atoms with Crippen molar-refractivity contribution < 1.29 is 10.2 Å². The predicted octanol–water partition coefficient (Wildman–Crippen LogP) is 6.81. The third-order valence-electron chi connectivity index (χ3n) is 4.52.